The van der Waals surface area contributed by atoms with Gasteiger partial charge in [-0.1, -0.05) is 0 Å². The van der Waals surface area contributed by atoms with Crippen LogP contribution >= 0.6 is 15.9 Å². The normalized spacial score (nSPS) is 12.0. The zero-order chi connectivity index (χ0) is 14.5. The molecule has 0 radical (unpaired) electrons. The molecule has 0 atom stereocenters. The highest BCUT2D eigenvalue weighted by atomic mass is 79.9. The van der Waals surface area contributed by atoms with Crippen LogP contribution in [0.5, 0.6) is 0 Å². The van der Waals surface area contributed by atoms with E-state index in [1.54, 1.807) is 0 Å². The Balaban J connectivity index is 2.59. The van der Waals surface area contributed by atoms with Crippen molar-refractivity contribution in [3.63, 3.8) is 0 Å². The molecular weight excluding hydrogens is 334 g/mol. The maximum absolute atomic E-state index is 12.0. The number of nitrogens with two attached hydrogens (primary N) is 1. The average Bonchev–Trinajstić information content (AvgIpc) is 2.31. The minimum Gasteiger partial charge on any atom is -0.383 e. The Hall–Kier alpha value is -0.700. The van der Waals surface area contributed by atoms with Gasteiger partial charge in [-0.05, 0) is 42.3 Å². The molecule has 0 aliphatic carbocycles. The first-order chi connectivity index (χ1) is 8.83. The van der Waals surface area contributed by atoms with Gasteiger partial charge in [0.05, 0.1) is 6.10 Å². The molecule has 6 nitrogen and oxygen atoms in total. The van der Waals surface area contributed by atoms with E-state index in [9.17, 15) is 8.42 Å². The molecule has 3 N–H and O–H groups in total. The van der Waals surface area contributed by atoms with E-state index in [0.717, 1.165) is 0 Å². The molecule has 108 valence electrons. The van der Waals surface area contributed by atoms with E-state index in [2.05, 4.69) is 25.6 Å². The smallest absolute Gasteiger partial charge is 0.244 e. The summed E-state index contributed by atoms with van der Waals surface area (Å²) in [5.74, 6) is -0.0193. The minimum atomic E-state index is -3.64. The summed E-state index contributed by atoms with van der Waals surface area (Å²) in [5, 5.41) is 0. The highest BCUT2D eigenvalue weighted by Gasteiger charge is 2.18. The zero-order valence-corrected chi connectivity index (χ0v) is 13.3. The Labute approximate surface area is 121 Å². The molecule has 0 saturated carbocycles. The Bertz CT molecular complexity index is 520. The molecule has 0 aliphatic rings. The summed E-state index contributed by atoms with van der Waals surface area (Å²) < 4.78 is 32.4. The van der Waals surface area contributed by atoms with Crippen molar-refractivity contribution in [3.05, 3.63) is 16.7 Å². The summed E-state index contributed by atoms with van der Waals surface area (Å²) in [7, 11) is -3.64. The molecule has 1 aromatic rings. The van der Waals surface area contributed by atoms with Crippen LogP contribution in [0.25, 0.3) is 0 Å². The predicted molar refractivity (Wildman–Crippen MR) is 77.2 cm³/mol. The van der Waals surface area contributed by atoms with Crippen LogP contribution in [-0.4, -0.2) is 32.7 Å². The van der Waals surface area contributed by atoms with Gasteiger partial charge in [-0.3, -0.25) is 0 Å². The number of hydrogen-bond donors (Lipinski definition) is 2. The molecule has 0 amide bonds. The number of nitrogens with zero attached hydrogens (tertiary/aromatic N) is 1. The molecule has 1 heterocycles. The number of nitrogens with one attached hydrogen (secondary N) is 1. The Morgan fingerprint density at radius 2 is 2.21 bits per heavy atom. The van der Waals surface area contributed by atoms with E-state index >= 15 is 0 Å². The highest BCUT2D eigenvalue weighted by molar-refractivity contribution is 9.10. The van der Waals surface area contributed by atoms with Gasteiger partial charge >= 0.3 is 0 Å². The highest BCUT2D eigenvalue weighted by Crippen LogP contribution is 2.20. The molecule has 1 rings (SSSR count). The number of aromatic nitrogens is 1. The number of nitrogen functional groups attached to an aromatic ring is 1. The number of sulfonamides is 1. The van der Waals surface area contributed by atoms with Crippen molar-refractivity contribution in [1.29, 1.82) is 0 Å². The van der Waals surface area contributed by atoms with Gasteiger partial charge in [0.15, 0.2) is 0 Å². The van der Waals surface area contributed by atoms with Gasteiger partial charge in [0, 0.05) is 23.8 Å². The number of ether oxygens (including phenoxy) is 1. The van der Waals surface area contributed by atoms with E-state index in [0.29, 0.717) is 24.0 Å². The largest absolute Gasteiger partial charge is 0.383 e. The van der Waals surface area contributed by atoms with Crippen LogP contribution < -0.4 is 10.5 Å². The van der Waals surface area contributed by atoms with Crippen molar-refractivity contribution < 1.29 is 13.2 Å². The Morgan fingerprint density at radius 1 is 1.53 bits per heavy atom. The third-order valence-electron chi connectivity index (χ3n) is 2.20. The summed E-state index contributed by atoms with van der Waals surface area (Å²) in [4.78, 5) is 3.78. The van der Waals surface area contributed by atoms with Gasteiger partial charge in [-0.15, -0.1) is 0 Å². The van der Waals surface area contributed by atoms with Gasteiger partial charge < -0.3 is 10.5 Å². The second kappa shape index (κ2) is 7.18. The maximum atomic E-state index is 12.0. The lowest BCUT2D eigenvalue weighted by molar-refractivity contribution is 0.0778. The first-order valence-corrected chi connectivity index (χ1v) is 8.13. The van der Waals surface area contributed by atoms with Crippen LogP contribution in [0, 0.1) is 0 Å². The predicted octanol–water partition coefficient (Wildman–Crippen LogP) is 1.52. The van der Waals surface area contributed by atoms with E-state index in [-0.39, 0.29) is 16.8 Å². The number of anilines is 1. The first-order valence-electron chi connectivity index (χ1n) is 5.85. The molecule has 0 aromatic carbocycles. The third-order valence-corrected chi connectivity index (χ3v) is 4.13. The van der Waals surface area contributed by atoms with E-state index < -0.39 is 10.0 Å². The molecule has 8 heteroatoms. The minimum absolute atomic E-state index is 0.0193. The van der Waals surface area contributed by atoms with E-state index in [1.807, 2.05) is 13.8 Å². The number of hydrogen-bond acceptors (Lipinski definition) is 5. The third kappa shape index (κ3) is 5.43. The maximum Gasteiger partial charge on any atom is 0.244 e. The van der Waals surface area contributed by atoms with Crippen LogP contribution in [0.3, 0.4) is 0 Å². The molecule has 0 spiro atoms. The lowest BCUT2D eigenvalue weighted by Gasteiger charge is -2.10. The van der Waals surface area contributed by atoms with Crippen LogP contribution in [-0.2, 0) is 14.8 Å². The topological polar surface area (TPSA) is 94.3 Å². The lowest BCUT2D eigenvalue weighted by atomic mass is 10.4. The van der Waals surface area contributed by atoms with Gasteiger partial charge in [-0.2, -0.15) is 0 Å². The Kier molecular flexibility index (Phi) is 6.18. The fourth-order valence-electron chi connectivity index (χ4n) is 1.32. The van der Waals surface area contributed by atoms with Gasteiger partial charge in [0.25, 0.3) is 0 Å². The van der Waals surface area contributed by atoms with Crippen molar-refractivity contribution in [2.45, 2.75) is 31.3 Å². The second-order valence-corrected chi connectivity index (χ2v) is 6.86. The molecular formula is C11H18BrN3O3S. The number of rotatable bonds is 7. The zero-order valence-electron chi connectivity index (χ0n) is 10.9. The summed E-state index contributed by atoms with van der Waals surface area (Å²) >= 11 is 3.17. The van der Waals surface area contributed by atoms with Crippen molar-refractivity contribution in [1.82, 2.24) is 9.71 Å². The molecule has 19 heavy (non-hydrogen) atoms. The second-order valence-electron chi connectivity index (χ2n) is 4.21. The fourth-order valence-corrected chi connectivity index (χ4v) is 2.98. The summed E-state index contributed by atoms with van der Waals surface area (Å²) in [6, 6.07) is 1.43. The molecule has 0 aliphatic heterocycles. The van der Waals surface area contributed by atoms with Crippen molar-refractivity contribution in [2.24, 2.45) is 0 Å². The fraction of sp³-hybridized carbons (Fsp3) is 0.545. The summed E-state index contributed by atoms with van der Waals surface area (Å²) in [5.41, 5.74) is 5.57. The van der Waals surface area contributed by atoms with Gasteiger partial charge in [-0.25, -0.2) is 18.1 Å². The van der Waals surface area contributed by atoms with Gasteiger partial charge in [0.1, 0.15) is 10.7 Å². The standard InChI is InChI=1S/C11H18BrN3O3S/c1-8(2)18-5-3-4-15-19(16,17)10-6-9(12)7-14-11(10)13/h6-8,15H,3-5H2,1-2H3,(H2,13,14). The Morgan fingerprint density at radius 3 is 2.84 bits per heavy atom. The van der Waals surface area contributed by atoms with Crippen molar-refractivity contribution in [3.8, 4) is 0 Å². The summed E-state index contributed by atoms with van der Waals surface area (Å²) in [6.45, 7) is 4.66. The van der Waals surface area contributed by atoms with Crippen LogP contribution in [0.4, 0.5) is 5.82 Å². The van der Waals surface area contributed by atoms with E-state index in [4.69, 9.17) is 10.5 Å². The van der Waals surface area contributed by atoms with Crippen LogP contribution in [0.2, 0.25) is 0 Å². The van der Waals surface area contributed by atoms with E-state index in [1.165, 1.54) is 12.3 Å². The molecule has 0 saturated heterocycles. The van der Waals surface area contributed by atoms with Crippen LogP contribution in [0.15, 0.2) is 21.6 Å². The number of halogens is 1. The molecule has 1 aromatic heterocycles. The van der Waals surface area contributed by atoms with Crippen LogP contribution in [0.1, 0.15) is 20.3 Å². The quantitative estimate of drug-likeness (QED) is 0.726. The average molecular weight is 352 g/mol. The number of pyridine rings is 1. The molecule has 0 fully saturated rings. The molecule has 0 bridgehead atoms. The molecule has 0 unspecified atom stereocenters. The lowest BCUT2D eigenvalue weighted by Crippen LogP contribution is -2.27. The first kappa shape index (κ1) is 16.4. The SMILES string of the molecule is CC(C)OCCCNS(=O)(=O)c1cc(Br)cnc1N. The summed E-state index contributed by atoms with van der Waals surface area (Å²) in [6.07, 6.45) is 2.19. The van der Waals surface area contributed by atoms with Crippen molar-refractivity contribution in [2.75, 3.05) is 18.9 Å². The monoisotopic (exact) mass is 351 g/mol. The van der Waals surface area contributed by atoms with Crippen molar-refractivity contribution >= 4 is 31.8 Å². The van der Waals surface area contributed by atoms with Gasteiger partial charge in [0.2, 0.25) is 10.0 Å².